The number of rotatable bonds is 2. The number of likely N-dealkylation sites (tertiary alicyclic amines) is 1. The van der Waals surface area contributed by atoms with E-state index in [9.17, 15) is 8.78 Å². The zero-order valence-electron chi connectivity index (χ0n) is 6.89. The Kier molecular flexibility index (Phi) is 3.24. The van der Waals surface area contributed by atoms with Gasteiger partial charge in [0.2, 0.25) is 6.43 Å². The molecular formula is C8H15F2N. The van der Waals surface area contributed by atoms with Crippen LogP contribution >= 0.6 is 0 Å². The molecule has 1 rings (SSSR count). The Morgan fingerprint density at radius 2 is 1.91 bits per heavy atom. The first kappa shape index (κ1) is 8.91. The molecule has 0 N–H and O–H groups in total. The van der Waals surface area contributed by atoms with Gasteiger partial charge in [-0.2, -0.15) is 0 Å². The lowest BCUT2D eigenvalue weighted by atomic mass is 9.98. The minimum atomic E-state index is -2.10. The van der Waals surface area contributed by atoms with E-state index in [2.05, 4.69) is 11.8 Å². The Labute approximate surface area is 66.4 Å². The van der Waals surface area contributed by atoms with Crippen LogP contribution in [0.4, 0.5) is 8.78 Å². The summed E-state index contributed by atoms with van der Waals surface area (Å²) < 4.78 is 24.3. The first-order valence-electron chi connectivity index (χ1n) is 4.24. The fourth-order valence-corrected chi connectivity index (χ4v) is 1.52. The Hall–Kier alpha value is -0.180. The van der Waals surface area contributed by atoms with Crippen molar-refractivity contribution in [3.05, 3.63) is 0 Å². The summed E-state index contributed by atoms with van der Waals surface area (Å²) >= 11 is 0. The fraction of sp³-hybridized carbons (Fsp3) is 1.00. The number of hydrogen-bond acceptors (Lipinski definition) is 1. The molecule has 0 aliphatic carbocycles. The van der Waals surface area contributed by atoms with Crippen molar-refractivity contribution in [2.24, 2.45) is 5.92 Å². The highest BCUT2D eigenvalue weighted by Crippen LogP contribution is 2.22. The molecule has 0 aromatic rings. The second-order valence-electron chi connectivity index (χ2n) is 3.11. The van der Waals surface area contributed by atoms with Gasteiger partial charge in [0.05, 0.1) is 0 Å². The Morgan fingerprint density at radius 3 is 2.27 bits per heavy atom. The van der Waals surface area contributed by atoms with Crippen LogP contribution in [0.5, 0.6) is 0 Å². The molecule has 66 valence electrons. The summed E-state index contributed by atoms with van der Waals surface area (Å²) in [6, 6.07) is 0. The monoisotopic (exact) mass is 163 g/mol. The maximum absolute atomic E-state index is 12.1. The summed E-state index contributed by atoms with van der Waals surface area (Å²) in [4.78, 5) is 2.22. The van der Waals surface area contributed by atoms with Gasteiger partial charge in [0, 0.05) is 5.92 Å². The predicted octanol–water partition coefficient (Wildman–Crippen LogP) is 1.98. The number of nitrogens with zero attached hydrogens (tertiary/aromatic N) is 1. The van der Waals surface area contributed by atoms with E-state index in [1.807, 2.05) is 0 Å². The second kappa shape index (κ2) is 4.00. The molecule has 0 bridgehead atoms. The summed E-state index contributed by atoms with van der Waals surface area (Å²) in [6.07, 6.45) is -0.759. The molecule has 0 amide bonds. The molecule has 1 aliphatic rings. The highest BCUT2D eigenvalue weighted by molar-refractivity contribution is 4.72. The minimum Gasteiger partial charge on any atom is -0.304 e. The second-order valence-corrected chi connectivity index (χ2v) is 3.11. The predicted molar refractivity (Wildman–Crippen MR) is 40.8 cm³/mol. The van der Waals surface area contributed by atoms with Gasteiger partial charge in [-0.25, -0.2) is 8.78 Å². The number of hydrogen-bond donors (Lipinski definition) is 0. The van der Waals surface area contributed by atoms with Gasteiger partial charge in [0.15, 0.2) is 0 Å². The van der Waals surface area contributed by atoms with Gasteiger partial charge in [0.1, 0.15) is 0 Å². The molecule has 0 aromatic heterocycles. The largest absolute Gasteiger partial charge is 0.304 e. The van der Waals surface area contributed by atoms with Crippen LogP contribution in [-0.2, 0) is 0 Å². The summed E-state index contributed by atoms with van der Waals surface area (Å²) in [5, 5.41) is 0. The Bertz CT molecular complexity index is 109. The topological polar surface area (TPSA) is 3.24 Å². The normalized spacial score (nSPS) is 22.9. The van der Waals surface area contributed by atoms with E-state index < -0.39 is 6.43 Å². The van der Waals surface area contributed by atoms with Gasteiger partial charge >= 0.3 is 0 Å². The van der Waals surface area contributed by atoms with Gasteiger partial charge in [-0.1, -0.05) is 6.92 Å². The van der Waals surface area contributed by atoms with Crippen LogP contribution in [0.2, 0.25) is 0 Å². The third-order valence-electron chi connectivity index (χ3n) is 2.44. The molecule has 11 heavy (non-hydrogen) atoms. The summed E-state index contributed by atoms with van der Waals surface area (Å²) in [7, 11) is 0. The molecule has 0 atom stereocenters. The van der Waals surface area contributed by atoms with Crippen molar-refractivity contribution in [3.8, 4) is 0 Å². The highest BCUT2D eigenvalue weighted by atomic mass is 19.3. The molecule has 1 fully saturated rings. The molecule has 1 heterocycles. The average Bonchev–Trinajstić information content (AvgIpc) is 2.05. The van der Waals surface area contributed by atoms with E-state index >= 15 is 0 Å². The third-order valence-corrected chi connectivity index (χ3v) is 2.44. The molecule has 0 spiro atoms. The van der Waals surface area contributed by atoms with E-state index in [-0.39, 0.29) is 5.92 Å². The van der Waals surface area contributed by atoms with Crippen molar-refractivity contribution >= 4 is 0 Å². The third kappa shape index (κ3) is 2.40. The Balaban J connectivity index is 2.24. The van der Waals surface area contributed by atoms with Crippen LogP contribution in [0, 0.1) is 5.92 Å². The standard InChI is InChI=1S/C8H15F2N/c1-2-11-5-3-7(4-6-11)8(9)10/h7-8H,2-6H2,1H3. The van der Waals surface area contributed by atoms with Gasteiger partial charge in [-0.05, 0) is 32.5 Å². The van der Waals surface area contributed by atoms with Crippen molar-refractivity contribution in [2.75, 3.05) is 19.6 Å². The molecule has 0 radical (unpaired) electrons. The van der Waals surface area contributed by atoms with E-state index in [0.717, 1.165) is 19.6 Å². The number of alkyl halides is 2. The van der Waals surface area contributed by atoms with E-state index in [4.69, 9.17) is 0 Å². The zero-order chi connectivity index (χ0) is 8.27. The van der Waals surface area contributed by atoms with Gasteiger partial charge in [-0.3, -0.25) is 0 Å². The quantitative estimate of drug-likeness (QED) is 0.601. The first-order chi connectivity index (χ1) is 5.24. The highest BCUT2D eigenvalue weighted by Gasteiger charge is 2.24. The van der Waals surface area contributed by atoms with Crippen molar-refractivity contribution in [1.29, 1.82) is 0 Å². The van der Waals surface area contributed by atoms with Crippen molar-refractivity contribution < 1.29 is 8.78 Å². The van der Waals surface area contributed by atoms with Crippen LogP contribution < -0.4 is 0 Å². The molecule has 1 aliphatic heterocycles. The van der Waals surface area contributed by atoms with Crippen molar-refractivity contribution in [2.45, 2.75) is 26.2 Å². The molecular weight excluding hydrogens is 148 g/mol. The van der Waals surface area contributed by atoms with Crippen molar-refractivity contribution in [3.63, 3.8) is 0 Å². The SMILES string of the molecule is CCN1CCC(C(F)F)CC1. The lowest BCUT2D eigenvalue weighted by molar-refractivity contribution is 0.0364. The maximum Gasteiger partial charge on any atom is 0.241 e. The smallest absolute Gasteiger partial charge is 0.241 e. The van der Waals surface area contributed by atoms with Gasteiger partial charge in [-0.15, -0.1) is 0 Å². The first-order valence-corrected chi connectivity index (χ1v) is 4.24. The van der Waals surface area contributed by atoms with Crippen LogP contribution in [0.3, 0.4) is 0 Å². The van der Waals surface area contributed by atoms with Gasteiger partial charge < -0.3 is 4.90 Å². The van der Waals surface area contributed by atoms with E-state index in [1.54, 1.807) is 0 Å². The molecule has 1 saturated heterocycles. The lowest BCUT2D eigenvalue weighted by Gasteiger charge is -2.30. The Morgan fingerprint density at radius 1 is 1.36 bits per heavy atom. The maximum atomic E-state index is 12.1. The molecule has 0 aromatic carbocycles. The fourth-order valence-electron chi connectivity index (χ4n) is 1.52. The van der Waals surface area contributed by atoms with Crippen LogP contribution in [0.1, 0.15) is 19.8 Å². The van der Waals surface area contributed by atoms with E-state index in [0.29, 0.717) is 12.8 Å². The summed E-state index contributed by atoms with van der Waals surface area (Å²) in [5.74, 6) is -0.335. The average molecular weight is 163 g/mol. The molecule has 1 nitrogen and oxygen atoms in total. The molecule has 0 unspecified atom stereocenters. The lowest BCUT2D eigenvalue weighted by Crippen LogP contribution is -2.35. The summed E-state index contributed by atoms with van der Waals surface area (Å²) in [6.45, 7) is 4.77. The van der Waals surface area contributed by atoms with Crippen LogP contribution in [0.15, 0.2) is 0 Å². The zero-order valence-corrected chi connectivity index (χ0v) is 6.89. The van der Waals surface area contributed by atoms with E-state index in [1.165, 1.54) is 0 Å². The minimum absolute atomic E-state index is 0.335. The number of piperidine rings is 1. The van der Waals surface area contributed by atoms with Gasteiger partial charge in [0.25, 0.3) is 0 Å². The van der Waals surface area contributed by atoms with Crippen molar-refractivity contribution in [1.82, 2.24) is 4.90 Å². The van der Waals surface area contributed by atoms with Crippen LogP contribution in [0.25, 0.3) is 0 Å². The summed E-state index contributed by atoms with van der Waals surface area (Å²) in [5.41, 5.74) is 0. The molecule has 0 saturated carbocycles. The van der Waals surface area contributed by atoms with Crippen LogP contribution in [-0.4, -0.2) is 31.0 Å². The molecule has 3 heteroatoms. The number of halogens is 2.